The Morgan fingerprint density at radius 3 is 2.50 bits per heavy atom. The summed E-state index contributed by atoms with van der Waals surface area (Å²) in [5.41, 5.74) is 1.25. The van der Waals surface area contributed by atoms with Gasteiger partial charge in [-0.1, -0.05) is 34.6 Å². The smallest absolute Gasteiger partial charge is 0.211 e. The Balaban J connectivity index is 2.97. The van der Waals surface area contributed by atoms with Gasteiger partial charge in [0.1, 0.15) is 0 Å². The molecule has 12 heavy (non-hydrogen) atoms. The maximum atomic E-state index is 9.89. The largest absolute Gasteiger partial charge is 0.240 e. The summed E-state index contributed by atoms with van der Waals surface area (Å²) in [5.74, 6) is 0. The van der Waals surface area contributed by atoms with Gasteiger partial charge in [0.2, 0.25) is 6.08 Å². The van der Waals surface area contributed by atoms with Crippen molar-refractivity contribution in [3.8, 4) is 0 Å². The van der Waals surface area contributed by atoms with Crippen LogP contribution in [-0.4, -0.2) is 6.08 Å². The van der Waals surface area contributed by atoms with Crippen molar-refractivity contribution >= 4 is 27.7 Å². The fraction of sp³-hybridized carbons (Fsp3) is 0. The van der Waals surface area contributed by atoms with Gasteiger partial charge < -0.3 is 0 Å². The predicted octanol–water partition coefficient (Wildman–Crippen LogP) is 2.76. The van der Waals surface area contributed by atoms with Crippen molar-refractivity contribution in [1.29, 1.82) is 0 Å². The zero-order valence-electron chi connectivity index (χ0n) is 6.25. The van der Waals surface area contributed by atoms with Gasteiger partial charge in [0.25, 0.3) is 0 Å². The van der Waals surface area contributed by atoms with Crippen LogP contribution in [0.1, 0.15) is 5.56 Å². The molecule has 0 spiro atoms. The zero-order chi connectivity index (χ0) is 8.97. The van der Waals surface area contributed by atoms with Crippen LogP contribution in [0.4, 0.5) is 0 Å². The highest BCUT2D eigenvalue weighted by Crippen LogP contribution is 2.16. The van der Waals surface area contributed by atoms with E-state index in [1.54, 1.807) is 0 Å². The highest BCUT2D eigenvalue weighted by molar-refractivity contribution is 9.10. The van der Waals surface area contributed by atoms with Crippen molar-refractivity contribution in [2.24, 2.45) is 4.99 Å². The van der Waals surface area contributed by atoms with E-state index in [1.165, 1.54) is 6.08 Å². The lowest BCUT2D eigenvalue weighted by molar-refractivity contribution is 0.565. The maximum Gasteiger partial charge on any atom is 0.240 e. The van der Waals surface area contributed by atoms with Gasteiger partial charge in [-0.05, 0) is 12.1 Å². The van der Waals surface area contributed by atoms with Crippen molar-refractivity contribution in [3.63, 3.8) is 0 Å². The van der Waals surface area contributed by atoms with E-state index in [0.29, 0.717) is 5.70 Å². The first-order valence-corrected chi connectivity index (χ1v) is 4.06. The SMILES string of the molecule is C=C(N=C=O)c1ccc(Br)cc1. The summed E-state index contributed by atoms with van der Waals surface area (Å²) in [4.78, 5) is 13.3. The first-order chi connectivity index (χ1) is 5.74. The molecule has 0 saturated heterocycles. The Morgan fingerprint density at radius 1 is 1.42 bits per heavy atom. The highest BCUT2D eigenvalue weighted by atomic mass is 79.9. The summed E-state index contributed by atoms with van der Waals surface area (Å²) in [7, 11) is 0. The second-order valence-corrected chi connectivity index (χ2v) is 3.07. The second kappa shape index (κ2) is 4.00. The van der Waals surface area contributed by atoms with Crippen LogP contribution in [0.3, 0.4) is 0 Å². The number of hydrogen-bond acceptors (Lipinski definition) is 2. The first kappa shape index (κ1) is 8.91. The molecule has 0 fully saturated rings. The summed E-state index contributed by atoms with van der Waals surface area (Å²) in [6.45, 7) is 3.60. The van der Waals surface area contributed by atoms with Crippen molar-refractivity contribution < 1.29 is 4.79 Å². The molecule has 0 amide bonds. The van der Waals surface area contributed by atoms with E-state index >= 15 is 0 Å². The van der Waals surface area contributed by atoms with E-state index in [0.717, 1.165) is 10.0 Å². The number of isocyanates is 1. The number of rotatable bonds is 2. The number of hydrogen-bond donors (Lipinski definition) is 0. The van der Waals surface area contributed by atoms with Crippen LogP contribution in [0.25, 0.3) is 5.70 Å². The van der Waals surface area contributed by atoms with Crippen LogP contribution < -0.4 is 0 Å². The molecule has 2 nitrogen and oxygen atoms in total. The number of carbonyl (C=O) groups excluding carboxylic acids is 1. The summed E-state index contributed by atoms with van der Waals surface area (Å²) in [6, 6.07) is 7.38. The fourth-order valence-corrected chi connectivity index (χ4v) is 1.03. The third-order valence-corrected chi connectivity index (χ3v) is 1.89. The molecule has 1 rings (SSSR count). The fourth-order valence-electron chi connectivity index (χ4n) is 0.762. The normalized spacial score (nSPS) is 8.75. The Hall–Kier alpha value is -1.18. The summed E-state index contributed by atoms with van der Waals surface area (Å²) in [6.07, 6.45) is 1.44. The van der Waals surface area contributed by atoms with Crippen LogP contribution in [0.15, 0.2) is 40.3 Å². The molecule has 1 aromatic rings. The lowest BCUT2D eigenvalue weighted by atomic mass is 10.2. The van der Waals surface area contributed by atoms with Crippen molar-refractivity contribution in [3.05, 3.63) is 40.9 Å². The molecule has 60 valence electrons. The molecule has 0 N–H and O–H groups in total. The third-order valence-electron chi connectivity index (χ3n) is 1.36. The number of halogens is 1. The molecule has 0 atom stereocenters. The minimum absolute atomic E-state index is 0.428. The summed E-state index contributed by atoms with van der Waals surface area (Å²) < 4.78 is 0.981. The highest BCUT2D eigenvalue weighted by Gasteiger charge is 1.95. The lowest BCUT2D eigenvalue weighted by Gasteiger charge is -1.96. The standard InChI is InChI=1S/C9H6BrNO/c1-7(11-6-12)8-2-4-9(10)5-3-8/h2-5H,1H2. The monoisotopic (exact) mass is 223 g/mol. The van der Waals surface area contributed by atoms with Crippen LogP contribution in [0.5, 0.6) is 0 Å². The predicted molar refractivity (Wildman–Crippen MR) is 51.3 cm³/mol. The van der Waals surface area contributed by atoms with E-state index in [1.807, 2.05) is 24.3 Å². The molecule has 0 aliphatic rings. The van der Waals surface area contributed by atoms with Crippen LogP contribution in [0, 0.1) is 0 Å². The van der Waals surface area contributed by atoms with Crippen molar-refractivity contribution in [2.45, 2.75) is 0 Å². The minimum Gasteiger partial charge on any atom is -0.211 e. The van der Waals surface area contributed by atoms with E-state index in [-0.39, 0.29) is 0 Å². The number of benzene rings is 1. The van der Waals surface area contributed by atoms with Gasteiger partial charge in [-0.2, -0.15) is 4.99 Å². The number of nitrogens with zero attached hydrogens (tertiary/aromatic N) is 1. The maximum absolute atomic E-state index is 9.89. The topological polar surface area (TPSA) is 29.4 Å². The molecule has 3 heteroatoms. The van der Waals surface area contributed by atoms with Gasteiger partial charge in [0, 0.05) is 10.0 Å². The van der Waals surface area contributed by atoms with Gasteiger partial charge in [0.05, 0.1) is 5.70 Å². The van der Waals surface area contributed by atoms with E-state index in [9.17, 15) is 4.79 Å². The van der Waals surface area contributed by atoms with E-state index in [2.05, 4.69) is 27.5 Å². The summed E-state index contributed by atoms with van der Waals surface area (Å²) in [5, 5.41) is 0. The van der Waals surface area contributed by atoms with Gasteiger partial charge in [-0.25, -0.2) is 4.79 Å². The van der Waals surface area contributed by atoms with E-state index < -0.39 is 0 Å². The van der Waals surface area contributed by atoms with Gasteiger partial charge in [-0.15, -0.1) is 0 Å². The molecule has 0 aromatic heterocycles. The van der Waals surface area contributed by atoms with E-state index in [4.69, 9.17) is 0 Å². The molecule has 0 aliphatic carbocycles. The van der Waals surface area contributed by atoms with Crippen molar-refractivity contribution in [1.82, 2.24) is 0 Å². The minimum atomic E-state index is 0.428. The molecule has 0 aliphatic heterocycles. The molecular weight excluding hydrogens is 218 g/mol. The molecule has 0 saturated carbocycles. The Labute approximate surface area is 78.8 Å². The van der Waals surface area contributed by atoms with Gasteiger partial charge in [0.15, 0.2) is 0 Å². The summed E-state index contributed by atoms with van der Waals surface area (Å²) >= 11 is 3.30. The quantitative estimate of drug-likeness (QED) is 0.560. The molecular formula is C9H6BrNO. The molecule has 0 bridgehead atoms. The average Bonchev–Trinajstić information content (AvgIpc) is 2.06. The molecule has 0 heterocycles. The van der Waals surface area contributed by atoms with Crippen LogP contribution >= 0.6 is 15.9 Å². The molecule has 0 radical (unpaired) electrons. The van der Waals surface area contributed by atoms with Gasteiger partial charge in [-0.3, -0.25) is 0 Å². The first-order valence-electron chi connectivity index (χ1n) is 3.27. The number of aliphatic imine (C=N–C) groups is 1. The second-order valence-electron chi connectivity index (χ2n) is 2.16. The van der Waals surface area contributed by atoms with Crippen LogP contribution in [0.2, 0.25) is 0 Å². The van der Waals surface area contributed by atoms with Gasteiger partial charge >= 0.3 is 0 Å². The lowest BCUT2D eigenvalue weighted by Crippen LogP contribution is -1.77. The Morgan fingerprint density at radius 2 is 2.00 bits per heavy atom. The zero-order valence-corrected chi connectivity index (χ0v) is 7.84. The van der Waals surface area contributed by atoms with Crippen molar-refractivity contribution in [2.75, 3.05) is 0 Å². The van der Waals surface area contributed by atoms with Crippen LogP contribution in [-0.2, 0) is 4.79 Å². The average molecular weight is 224 g/mol. The Bertz CT molecular complexity index is 336. The Kier molecular flexibility index (Phi) is 2.97. The molecule has 0 unspecified atom stereocenters. The third kappa shape index (κ3) is 2.16. The molecule has 1 aromatic carbocycles.